The third-order valence-corrected chi connectivity index (χ3v) is 5.87. The fraction of sp³-hybridized carbons (Fsp3) is 0.0909. The Bertz CT molecular complexity index is 1150. The SMILES string of the molecule is COc1ccc(N=c2scc(-c3ccccc3)n2N=Cc2ccc(C)s2)cc1. The Morgan fingerprint density at radius 1 is 0.964 bits per heavy atom. The highest BCUT2D eigenvalue weighted by Crippen LogP contribution is 2.22. The maximum Gasteiger partial charge on any atom is 0.211 e. The maximum absolute atomic E-state index is 5.23. The molecule has 2 aromatic carbocycles. The van der Waals surface area contributed by atoms with Crippen molar-refractivity contribution in [1.29, 1.82) is 0 Å². The molecule has 0 saturated heterocycles. The van der Waals surface area contributed by atoms with E-state index in [4.69, 9.17) is 14.8 Å². The number of ether oxygens (including phenoxy) is 1. The van der Waals surface area contributed by atoms with Gasteiger partial charge in [-0.05, 0) is 43.3 Å². The van der Waals surface area contributed by atoms with E-state index in [9.17, 15) is 0 Å². The van der Waals surface area contributed by atoms with Gasteiger partial charge in [-0.1, -0.05) is 30.3 Å². The second kappa shape index (κ2) is 8.37. The lowest BCUT2D eigenvalue weighted by atomic mass is 10.2. The molecule has 4 rings (SSSR count). The first kappa shape index (κ1) is 18.4. The molecule has 2 aromatic heterocycles. The second-order valence-electron chi connectivity index (χ2n) is 6.08. The molecular weight excluding hydrogens is 386 g/mol. The van der Waals surface area contributed by atoms with Crippen LogP contribution in [0.3, 0.4) is 0 Å². The molecule has 0 bridgehead atoms. The van der Waals surface area contributed by atoms with Crippen LogP contribution >= 0.6 is 22.7 Å². The summed E-state index contributed by atoms with van der Waals surface area (Å²) in [4.78, 5) is 7.99. The largest absolute Gasteiger partial charge is 0.497 e. The Hall–Kier alpha value is -2.96. The van der Waals surface area contributed by atoms with Crippen LogP contribution < -0.4 is 9.54 Å². The maximum atomic E-state index is 5.23. The van der Waals surface area contributed by atoms with E-state index < -0.39 is 0 Å². The van der Waals surface area contributed by atoms with E-state index in [-0.39, 0.29) is 0 Å². The number of methoxy groups -OCH3 is 1. The van der Waals surface area contributed by atoms with E-state index in [2.05, 4.69) is 36.6 Å². The Labute approximate surface area is 171 Å². The topological polar surface area (TPSA) is 38.9 Å². The van der Waals surface area contributed by atoms with Crippen LogP contribution in [0.15, 0.2) is 82.2 Å². The van der Waals surface area contributed by atoms with E-state index in [0.717, 1.165) is 32.4 Å². The quantitative estimate of drug-likeness (QED) is 0.392. The second-order valence-corrected chi connectivity index (χ2v) is 8.24. The van der Waals surface area contributed by atoms with Gasteiger partial charge in [-0.25, -0.2) is 9.67 Å². The van der Waals surface area contributed by atoms with Crippen LogP contribution in [0.2, 0.25) is 0 Å². The van der Waals surface area contributed by atoms with Crippen LogP contribution in [0.4, 0.5) is 5.69 Å². The third kappa shape index (κ3) is 4.13. The molecule has 0 unspecified atom stereocenters. The van der Waals surface area contributed by atoms with Crippen LogP contribution in [0.1, 0.15) is 9.75 Å². The molecule has 28 heavy (non-hydrogen) atoms. The monoisotopic (exact) mass is 405 g/mol. The lowest BCUT2D eigenvalue weighted by Gasteiger charge is -2.03. The van der Waals surface area contributed by atoms with Crippen molar-refractivity contribution in [3.63, 3.8) is 0 Å². The van der Waals surface area contributed by atoms with Gasteiger partial charge in [0.25, 0.3) is 0 Å². The lowest BCUT2D eigenvalue weighted by molar-refractivity contribution is 0.415. The van der Waals surface area contributed by atoms with E-state index in [0.29, 0.717) is 0 Å². The molecular formula is C22H19N3OS2. The number of aromatic nitrogens is 1. The van der Waals surface area contributed by atoms with Gasteiger partial charge in [0.05, 0.1) is 24.7 Å². The summed E-state index contributed by atoms with van der Waals surface area (Å²) in [5.74, 6) is 0.814. The summed E-state index contributed by atoms with van der Waals surface area (Å²) in [6.45, 7) is 2.10. The third-order valence-electron chi connectivity index (χ3n) is 4.11. The van der Waals surface area contributed by atoms with Gasteiger partial charge >= 0.3 is 0 Å². The summed E-state index contributed by atoms with van der Waals surface area (Å²) < 4.78 is 7.13. The van der Waals surface area contributed by atoms with Crippen molar-refractivity contribution in [1.82, 2.24) is 4.68 Å². The van der Waals surface area contributed by atoms with Gasteiger partial charge in [-0.15, -0.1) is 22.7 Å². The molecule has 4 nitrogen and oxygen atoms in total. The van der Waals surface area contributed by atoms with Gasteiger partial charge in [-0.2, -0.15) is 5.10 Å². The number of rotatable bonds is 5. The van der Waals surface area contributed by atoms with Crippen molar-refractivity contribution in [2.24, 2.45) is 10.1 Å². The highest BCUT2D eigenvalue weighted by Gasteiger charge is 2.07. The van der Waals surface area contributed by atoms with Crippen molar-refractivity contribution in [3.8, 4) is 17.0 Å². The van der Waals surface area contributed by atoms with E-state index in [1.165, 1.54) is 4.88 Å². The molecule has 0 atom stereocenters. The Morgan fingerprint density at radius 3 is 2.43 bits per heavy atom. The zero-order valence-electron chi connectivity index (χ0n) is 15.6. The summed E-state index contributed by atoms with van der Waals surface area (Å²) in [7, 11) is 1.66. The summed E-state index contributed by atoms with van der Waals surface area (Å²) in [6, 6.07) is 22.1. The predicted octanol–water partition coefficient (Wildman–Crippen LogP) is 5.71. The van der Waals surface area contributed by atoms with Crippen molar-refractivity contribution in [2.45, 2.75) is 6.92 Å². The average Bonchev–Trinajstić information content (AvgIpc) is 3.33. The zero-order chi connectivity index (χ0) is 19.3. The number of hydrogen-bond acceptors (Lipinski definition) is 5. The zero-order valence-corrected chi connectivity index (χ0v) is 17.2. The average molecular weight is 406 g/mol. The minimum atomic E-state index is 0.813. The minimum absolute atomic E-state index is 0.813. The molecule has 0 aliphatic carbocycles. The molecule has 0 radical (unpaired) electrons. The van der Waals surface area contributed by atoms with E-state index in [1.54, 1.807) is 29.8 Å². The van der Waals surface area contributed by atoms with Gasteiger partial charge in [0.1, 0.15) is 5.75 Å². The smallest absolute Gasteiger partial charge is 0.211 e. The Balaban J connectivity index is 1.80. The number of nitrogens with zero attached hydrogens (tertiary/aromatic N) is 3. The van der Waals surface area contributed by atoms with Crippen LogP contribution in [0, 0.1) is 6.92 Å². The molecule has 0 spiro atoms. The lowest BCUT2D eigenvalue weighted by Crippen LogP contribution is -2.11. The fourth-order valence-corrected chi connectivity index (χ4v) is 4.30. The summed E-state index contributed by atoms with van der Waals surface area (Å²) >= 11 is 3.29. The molecule has 4 aromatic rings. The normalized spacial score (nSPS) is 12.0. The number of aryl methyl sites for hydroxylation is 1. The number of thiazole rings is 1. The van der Waals surface area contributed by atoms with Crippen LogP contribution in [-0.4, -0.2) is 18.0 Å². The van der Waals surface area contributed by atoms with Gasteiger partial charge in [0, 0.05) is 20.7 Å². The van der Waals surface area contributed by atoms with Crippen molar-refractivity contribution >= 4 is 34.6 Å². The van der Waals surface area contributed by atoms with Crippen molar-refractivity contribution in [2.75, 3.05) is 7.11 Å². The van der Waals surface area contributed by atoms with E-state index >= 15 is 0 Å². The molecule has 0 amide bonds. The number of thiophene rings is 1. The first-order valence-corrected chi connectivity index (χ1v) is 10.5. The molecule has 0 saturated carbocycles. The Morgan fingerprint density at radius 2 is 1.75 bits per heavy atom. The predicted molar refractivity (Wildman–Crippen MR) is 118 cm³/mol. The summed E-state index contributed by atoms with van der Waals surface area (Å²) in [6.07, 6.45) is 1.89. The number of benzene rings is 2. The van der Waals surface area contributed by atoms with Gasteiger partial charge in [0.2, 0.25) is 4.80 Å². The molecule has 0 aliphatic rings. The van der Waals surface area contributed by atoms with Crippen LogP contribution in [0.5, 0.6) is 5.75 Å². The van der Waals surface area contributed by atoms with E-state index in [1.807, 2.05) is 53.4 Å². The highest BCUT2D eigenvalue weighted by atomic mass is 32.1. The Kier molecular flexibility index (Phi) is 5.50. The highest BCUT2D eigenvalue weighted by molar-refractivity contribution is 7.13. The van der Waals surface area contributed by atoms with Crippen LogP contribution in [-0.2, 0) is 0 Å². The molecule has 0 fully saturated rings. The molecule has 0 N–H and O–H groups in total. The summed E-state index contributed by atoms with van der Waals surface area (Å²) in [5, 5.41) is 6.84. The van der Waals surface area contributed by atoms with Crippen molar-refractivity contribution < 1.29 is 4.74 Å². The van der Waals surface area contributed by atoms with Gasteiger partial charge in [-0.3, -0.25) is 0 Å². The number of hydrogen-bond donors (Lipinski definition) is 0. The molecule has 0 aliphatic heterocycles. The van der Waals surface area contributed by atoms with Gasteiger partial charge < -0.3 is 4.74 Å². The van der Waals surface area contributed by atoms with Crippen LogP contribution in [0.25, 0.3) is 11.3 Å². The van der Waals surface area contributed by atoms with Gasteiger partial charge in [0.15, 0.2) is 0 Å². The molecule has 2 heterocycles. The first-order valence-electron chi connectivity index (χ1n) is 8.78. The van der Waals surface area contributed by atoms with Crippen molar-refractivity contribution in [3.05, 3.63) is 86.7 Å². The molecule has 6 heteroatoms. The molecule has 140 valence electrons. The summed E-state index contributed by atoms with van der Waals surface area (Å²) in [5.41, 5.74) is 2.98. The first-order chi connectivity index (χ1) is 13.7. The minimum Gasteiger partial charge on any atom is -0.497 e. The fourth-order valence-electron chi connectivity index (χ4n) is 2.70. The standard InChI is InChI=1S/C22H19N3OS2/c1-16-8-13-20(28-16)14-23-25-21(17-6-4-3-5-7-17)15-27-22(25)24-18-9-11-19(26-2)12-10-18/h3-15H,1-2H3.